The summed E-state index contributed by atoms with van der Waals surface area (Å²) in [6, 6.07) is 3.72. The molecule has 4 heteroatoms. The van der Waals surface area contributed by atoms with Gasteiger partial charge in [0.15, 0.2) is 0 Å². The molecular formula is C13H16FNO2. The zero-order chi connectivity index (χ0) is 12.3. The maximum atomic E-state index is 13.3. The maximum absolute atomic E-state index is 13.3. The fourth-order valence-electron chi connectivity index (χ4n) is 2.28. The number of carbonyl (C=O) groups excluding carboxylic acids is 1. The van der Waals surface area contributed by atoms with Crippen LogP contribution < -0.4 is 5.32 Å². The van der Waals surface area contributed by atoms with Crippen molar-refractivity contribution in [1.29, 1.82) is 0 Å². The Morgan fingerprint density at radius 3 is 2.76 bits per heavy atom. The van der Waals surface area contributed by atoms with Crippen molar-refractivity contribution in [3.05, 3.63) is 24.0 Å². The molecule has 1 amide bonds. The third-order valence-electron chi connectivity index (χ3n) is 3.18. The van der Waals surface area contributed by atoms with Crippen molar-refractivity contribution in [1.82, 2.24) is 0 Å². The summed E-state index contributed by atoms with van der Waals surface area (Å²) in [5.41, 5.74) is 0.130. The second-order valence-corrected chi connectivity index (χ2v) is 4.57. The monoisotopic (exact) mass is 237 g/mol. The smallest absolute Gasteiger partial charge is 0.224 e. The summed E-state index contributed by atoms with van der Waals surface area (Å²) in [6.45, 7) is 0. The third-order valence-corrected chi connectivity index (χ3v) is 3.18. The van der Waals surface area contributed by atoms with E-state index in [1.807, 2.05) is 0 Å². The molecule has 0 heterocycles. The maximum Gasteiger partial charge on any atom is 0.224 e. The summed E-state index contributed by atoms with van der Waals surface area (Å²) in [6.07, 6.45) is 5.01. The lowest BCUT2D eigenvalue weighted by molar-refractivity contribution is -0.117. The molecular weight excluding hydrogens is 221 g/mol. The van der Waals surface area contributed by atoms with Gasteiger partial charge in [-0.05, 0) is 30.9 Å². The highest BCUT2D eigenvalue weighted by Gasteiger charge is 2.19. The van der Waals surface area contributed by atoms with Crippen LogP contribution in [0.15, 0.2) is 18.2 Å². The molecule has 0 aliphatic heterocycles. The molecule has 0 spiro atoms. The first-order chi connectivity index (χ1) is 8.15. The summed E-state index contributed by atoms with van der Waals surface area (Å²) in [4.78, 5) is 11.7. The number of halogens is 1. The van der Waals surface area contributed by atoms with Crippen molar-refractivity contribution in [3.8, 4) is 5.75 Å². The highest BCUT2D eigenvalue weighted by atomic mass is 19.1. The number of hydrogen-bond donors (Lipinski definition) is 2. The van der Waals surface area contributed by atoms with Crippen molar-refractivity contribution in [2.24, 2.45) is 5.92 Å². The molecule has 92 valence electrons. The second kappa shape index (κ2) is 5.17. The second-order valence-electron chi connectivity index (χ2n) is 4.57. The van der Waals surface area contributed by atoms with E-state index in [0.29, 0.717) is 12.3 Å². The van der Waals surface area contributed by atoms with Gasteiger partial charge in [-0.15, -0.1) is 0 Å². The van der Waals surface area contributed by atoms with Crippen molar-refractivity contribution in [3.63, 3.8) is 0 Å². The molecule has 1 fully saturated rings. The van der Waals surface area contributed by atoms with Crippen LogP contribution >= 0.6 is 0 Å². The molecule has 2 rings (SSSR count). The van der Waals surface area contributed by atoms with E-state index >= 15 is 0 Å². The lowest BCUT2D eigenvalue weighted by Gasteiger charge is -2.10. The van der Waals surface area contributed by atoms with Crippen LogP contribution in [0.1, 0.15) is 32.1 Å². The molecule has 0 radical (unpaired) electrons. The van der Waals surface area contributed by atoms with Gasteiger partial charge in [-0.1, -0.05) is 12.8 Å². The van der Waals surface area contributed by atoms with E-state index in [1.165, 1.54) is 25.0 Å². The van der Waals surface area contributed by atoms with Crippen LogP contribution in [0.3, 0.4) is 0 Å². The van der Waals surface area contributed by atoms with Gasteiger partial charge in [0.1, 0.15) is 11.6 Å². The van der Waals surface area contributed by atoms with E-state index in [2.05, 4.69) is 5.32 Å². The van der Waals surface area contributed by atoms with Crippen molar-refractivity contribution >= 4 is 11.6 Å². The number of amides is 1. The van der Waals surface area contributed by atoms with Gasteiger partial charge in [-0.25, -0.2) is 4.39 Å². The van der Waals surface area contributed by atoms with Crippen LogP contribution in [0.2, 0.25) is 0 Å². The Labute approximate surface area is 99.7 Å². The molecule has 1 aliphatic carbocycles. The number of carbonyl (C=O) groups is 1. The summed E-state index contributed by atoms with van der Waals surface area (Å²) in [7, 11) is 0. The van der Waals surface area contributed by atoms with Crippen LogP contribution in [0.5, 0.6) is 5.75 Å². The molecule has 17 heavy (non-hydrogen) atoms. The number of phenols is 1. The number of rotatable bonds is 3. The summed E-state index contributed by atoms with van der Waals surface area (Å²) >= 11 is 0. The average Bonchev–Trinajstić information content (AvgIpc) is 2.75. The number of phenolic OH excluding ortho intramolecular Hbond substituents is 1. The molecule has 0 unspecified atom stereocenters. The first-order valence-corrected chi connectivity index (χ1v) is 5.93. The van der Waals surface area contributed by atoms with Crippen LogP contribution in [0.4, 0.5) is 10.1 Å². The van der Waals surface area contributed by atoms with E-state index in [4.69, 9.17) is 5.11 Å². The van der Waals surface area contributed by atoms with Crippen LogP contribution in [-0.2, 0) is 4.79 Å². The van der Waals surface area contributed by atoms with Crippen LogP contribution in [0.25, 0.3) is 0 Å². The lowest BCUT2D eigenvalue weighted by atomic mass is 10.0. The Kier molecular flexibility index (Phi) is 3.61. The topological polar surface area (TPSA) is 49.3 Å². The van der Waals surface area contributed by atoms with Gasteiger partial charge >= 0.3 is 0 Å². The predicted octanol–water partition coefficient (Wildman–Crippen LogP) is 3.05. The van der Waals surface area contributed by atoms with Gasteiger partial charge < -0.3 is 10.4 Å². The lowest BCUT2D eigenvalue weighted by Crippen LogP contribution is -2.15. The first kappa shape index (κ1) is 11.9. The van der Waals surface area contributed by atoms with Gasteiger partial charge in [0.05, 0.1) is 5.69 Å². The van der Waals surface area contributed by atoms with Crippen LogP contribution in [0, 0.1) is 11.7 Å². The Morgan fingerprint density at radius 2 is 2.12 bits per heavy atom. The number of benzene rings is 1. The highest BCUT2D eigenvalue weighted by molar-refractivity contribution is 5.91. The fraction of sp³-hybridized carbons (Fsp3) is 0.462. The molecule has 1 aliphatic rings. The van der Waals surface area contributed by atoms with E-state index in [1.54, 1.807) is 0 Å². The Bertz CT molecular complexity index is 414. The predicted molar refractivity (Wildman–Crippen MR) is 63.3 cm³/mol. The van der Waals surface area contributed by atoms with Crippen molar-refractivity contribution in [2.75, 3.05) is 5.32 Å². The zero-order valence-corrected chi connectivity index (χ0v) is 9.58. The molecule has 0 aromatic heterocycles. The third kappa shape index (κ3) is 3.19. The summed E-state index contributed by atoms with van der Waals surface area (Å²) in [5, 5.41) is 11.6. The van der Waals surface area contributed by atoms with Gasteiger partial charge in [0.2, 0.25) is 5.91 Å². The largest absolute Gasteiger partial charge is 0.508 e. The average molecular weight is 237 g/mol. The number of anilines is 1. The Hall–Kier alpha value is -1.58. The molecule has 1 saturated carbocycles. The SMILES string of the molecule is O=C(CC1CCCC1)Nc1ccc(O)cc1F. The number of aromatic hydroxyl groups is 1. The standard InChI is InChI=1S/C13H16FNO2/c14-11-8-10(16)5-6-12(11)15-13(17)7-9-3-1-2-4-9/h5-6,8-9,16H,1-4,7H2,(H,15,17). The fourth-order valence-corrected chi connectivity index (χ4v) is 2.28. The van der Waals surface area contributed by atoms with E-state index < -0.39 is 5.82 Å². The van der Waals surface area contributed by atoms with Crippen molar-refractivity contribution in [2.45, 2.75) is 32.1 Å². The molecule has 1 aromatic carbocycles. The molecule has 0 atom stereocenters. The van der Waals surface area contributed by atoms with Gasteiger partial charge in [-0.2, -0.15) is 0 Å². The van der Waals surface area contributed by atoms with E-state index in [0.717, 1.165) is 18.9 Å². The molecule has 0 saturated heterocycles. The minimum Gasteiger partial charge on any atom is -0.508 e. The molecule has 3 nitrogen and oxygen atoms in total. The summed E-state index contributed by atoms with van der Waals surface area (Å²) in [5.74, 6) is -0.460. The van der Waals surface area contributed by atoms with Gasteiger partial charge in [0.25, 0.3) is 0 Å². The summed E-state index contributed by atoms with van der Waals surface area (Å²) < 4.78 is 13.3. The number of nitrogens with one attached hydrogen (secondary N) is 1. The van der Waals surface area contributed by atoms with Gasteiger partial charge in [0, 0.05) is 12.5 Å². The normalized spacial score (nSPS) is 16.1. The Morgan fingerprint density at radius 1 is 1.41 bits per heavy atom. The van der Waals surface area contributed by atoms with Crippen LogP contribution in [-0.4, -0.2) is 11.0 Å². The van der Waals surface area contributed by atoms with E-state index in [-0.39, 0.29) is 17.3 Å². The first-order valence-electron chi connectivity index (χ1n) is 5.93. The molecule has 1 aromatic rings. The number of hydrogen-bond acceptors (Lipinski definition) is 2. The minimum absolute atomic E-state index is 0.130. The Balaban J connectivity index is 1.93. The van der Waals surface area contributed by atoms with E-state index in [9.17, 15) is 9.18 Å². The minimum atomic E-state index is -0.607. The quantitative estimate of drug-likeness (QED) is 0.794. The van der Waals surface area contributed by atoms with Crippen molar-refractivity contribution < 1.29 is 14.3 Å². The zero-order valence-electron chi connectivity index (χ0n) is 9.58. The van der Waals surface area contributed by atoms with Gasteiger partial charge in [-0.3, -0.25) is 4.79 Å². The molecule has 0 bridgehead atoms. The highest BCUT2D eigenvalue weighted by Crippen LogP contribution is 2.28. The molecule has 2 N–H and O–H groups in total.